The highest BCUT2D eigenvalue weighted by Gasteiger charge is 2.18. The molecule has 3 rings (SSSR count). The number of hydrogen-bond donors (Lipinski definition) is 2. The Morgan fingerprint density at radius 1 is 1.47 bits per heavy atom. The number of H-pyrrole nitrogens is 1. The number of piperidine rings is 1. The summed E-state index contributed by atoms with van der Waals surface area (Å²) in [6, 6.07) is 2.13. The molecule has 0 saturated carbocycles. The summed E-state index contributed by atoms with van der Waals surface area (Å²) >= 11 is 5.21. The van der Waals surface area contributed by atoms with Crippen molar-refractivity contribution in [2.45, 2.75) is 18.8 Å². The van der Waals surface area contributed by atoms with Gasteiger partial charge in [-0.2, -0.15) is 0 Å². The van der Waals surface area contributed by atoms with E-state index in [-0.39, 0.29) is 0 Å². The van der Waals surface area contributed by atoms with Gasteiger partial charge in [-0.15, -0.1) is 11.3 Å². The van der Waals surface area contributed by atoms with Crippen molar-refractivity contribution in [2.24, 2.45) is 0 Å². The second-order valence-corrected chi connectivity index (χ2v) is 6.18. The van der Waals surface area contributed by atoms with E-state index in [1.54, 1.807) is 11.3 Å². The molecule has 1 fully saturated rings. The molecule has 1 unspecified atom stereocenters. The molecule has 1 aliphatic rings. The Labute approximate surface area is 113 Å². The summed E-state index contributed by atoms with van der Waals surface area (Å²) in [6.45, 7) is 2.18. The van der Waals surface area contributed by atoms with Crippen molar-refractivity contribution in [3.63, 3.8) is 0 Å². The lowest BCUT2D eigenvalue weighted by Gasteiger charge is -2.20. The molecule has 2 aromatic heterocycles. The number of thiophene rings is 1. The fourth-order valence-corrected chi connectivity index (χ4v) is 3.60. The van der Waals surface area contributed by atoms with Gasteiger partial charge in [0.25, 0.3) is 0 Å². The van der Waals surface area contributed by atoms with Crippen LogP contribution < -0.4 is 5.32 Å². The van der Waals surface area contributed by atoms with Gasteiger partial charge in [-0.3, -0.25) is 0 Å². The highest BCUT2D eigenvalue weighted by atomic mass is 79.9. The number of nitrogens with zero attached hydrogens (tertiary/aromatic N) is 1. The summed E-state index contributed by atoms with van der Waals surface area (Å²) in [5.74, 6) is 1.66. The standard InChI is InChI=1S/C12H14BrN3S/c13-9-4-11(17-7-9)10-6-15-12(16-10)8-2-1-3-14-5-8/h4,6-8,14H,1-3,5H2,(H,15,16). The van der Waals surface area contributed by atoms with E-state index in [1.807, 2.05) is 6.20 Å². The number of nitrogens with one attached hydrogen (secondary N) is 2. The van der Waals surface area contributed by atoms with E-state index in [4.69, 9.17) is 0 Å². The third-order valence-corrected chi connectivity index (χ3v) is 4.84. The summed E-state index contributed by atoms with van der Waals surface area (Å²) in [5.41, 5.74) is 1.13. The number of rotatable bonds is 2. The lowest BCUT2D eigenvalue weighted by molar-refractivity contribution is 0.449. The predicted octanol–water partition coefficient (Wildman–Crippen LogP) is 3.37. The van der Waals surface area contributed by atoms with E-state index in [1.165, 1.54) is 17.7 Å². The van der Waals surface area contributed by atoms with Crippen LogP contribution in [0.3, 0.4) is 0 Å². The fourth-order valence-electron chi connectivity index (χ4n) is 2.21. The lowest BCUT2D eigenvalue weighted by Crippen LogP contribution is -2.28. The topological polar surface area (TPSA) is 40.7 Å². The molecule has 0 aromatic carbocycles. The predicted molar refractivity (Wildman–Crippen MR) is 74.4 cm³/mol. The van der Waals surface area contributed by atoms with Gasteiger partial charge in [0.15, 0.2) is 0 Å². The normalized spacial score (nSPS) is 20.6. The van der Waals surface area contributed by atoms with Crippen LogP contribution in [-0.2, 0) is 0 Å². The van der Waals surface area contributed by atoms with Crippen molar-refractivity contribution in [3.05, 3.63) is 27.9 Å². The maximum Gasteiger partial charge on any atom is 0.110 e. The molecule has 17 heavy (non-hydrogen) atoms. The lowest BCUT2D eigenvalue weighted by atomic mass is 9.99. The first-order valence-corrected chi connectivity index (χ1v) is 7.50. The van der Waals surface area contributed by atoms with Crippen molar-refractivity contribution in [2.75, 3.05) is 13.1 Å². The summed E-state index contributed by atoms with van der Waals surface area (Å²) in [6.07, 6.45) is 4.42. The van der Waals surface area contributed by atoms with E-state index >= 15 is 0 Å². The van der Waals surface area contributed by atoms with Gasteiger partial charge in [-0.05, 0) is 41.4 Å². The molecule has 0 bridgehead atoms. The first kappa shape index (κ1) is 11.4. The molecule has 0 amide bonds. The molecule has 1 saturated heterocycles. The molecule has 1 atom stereocenters. The Bertz CT molecular complexity index is 499. The van der Waals surface area contributed by atoms with E-state index in [2.05, 4.69) is 42.7 Å². The zero-order valence-electron chi connectivity index (χ0n) is 9.37. The van der Waals surface area contributed by atoms with Crippen LogP contribution in [0.25, 0.3) is 10.6 Å². The molecule has 0 spiro atoms. The van der Waals surface area contributed by atoms with Gasteiger partial charge in [0.2, 0.25) is 0 Å². The van der Waals surface area contributed by atoms with Crippen LogP contribution in [0.2, 0.25) is 0 Å². The van der Waals surface area contributed by atoms with Crippen molar-refractivity contribution < 1.29 is 0 Å². The van der Waals surface area contributed by atoms with Crippen LogP contribution in [0.4, 0.5) is 0 Å². The van der Waals surface area contributed by atoms with Crippen molar-refractivity contribution >= 4 is 27.3 Å². The Morgan fingerprint density at radius 2 is 2.41 bits per heavy atom. The highest BCUT2D eigenvalue weighted by Crippen LogP contribution is 2.30. The Morgan fingerprint density at radius 3 is 3.12 bits per heavy atom. The number of imidazole rings is 1. The monoisotopic (exact) mass is 311 g/mol. The van der Waals surface area contributed by atoms with Gasteiger partial charge in [0.1, 0.15) is 5.82 Å². The molecule has 2 aromatic rings. The largest absolute Gasteiger partial charge is 0.341 e. The Hall–Kier alpha value is -0.650. The van der Waals surface area contributed by atoms with E-state index in [9.17, 15) is 0 Å². The van der Waals surface area contributed by atoms with Gasteiger partial charge in [0, 0.05) is 22.3 Å². The number of aromatic nitrogens is 2. The first-order valence-electron chi connectivity index (χ1n) is 5.83. The molecule has 3 nitrogen and oxygen atoms in total. The average molecular weight is 312 g/mol. The number of aromatic amines is 1. The maximum atomic E-state index is 4.52. The minimum atomic E-state index is 0.543. The Balaban J connectivity index is 1.82. The zero-order chi connectivity index (χ0) is 11.7. The van der Waals surface area contributed by atoms with Crippen LogP contribution in [-0.4, -0.2) is 23.1 Å². The van der Waals surface area contributed by atoms with Crippen molar-refractivity contribution in [1.82, 2.24) is 15.3 Å². The molecular formula is C12H14BrN3S. The summed E-state index contributed by atoms with van der Waals surface area (Å²) in [7, 11) is 0. The average Bonchev–Trinajstić information content (AvgIpc) is 2.98. The van der Waals surface area contributed by atoms with Crippen LogP contribution in [0.15, 0.2) is 22.1 Å². The molecular weight excluding hydrogens is 298 g/mol. The molecule has 0 aliphatic carbocycles. The van der Waals surface area contributed by atoms with E-state index in [0.29, 0.717) is 5.92 Å². The highest BCUT2D eigenvalue weighted by molar-refractivity contribution is 9.10. The van der Waals surface area contributed by atoms with Gasteiger partial charge in [-0.1, -0.05) is 0 Å². The molecule has 90 valence electrons. The fraction of sp³-hybridized carbons (Fsp3) is 0.417. The summed E-state index contributed by atoms with van der Waals surface area (Å²) in [5, 5.41) is 5.52. The van der Waals surface area contributed by atoms with Gasteiger partial charge >= 0.3 is 0 Å². The smallest absolute Gasteiger partial charge is 0.110 e. The molecule has 5 heteroatoms. The molecule has 0 radical (unpaired) electrons. The SMILES string of the molecule is Brc1csc(-c2cnc(C3CCCNC3)[nH]2)c1. The first-order chi connectivity index (χ1) is 8.33. The third-order valence-electron chi connectivity index (χ3n) is 3.11. The number of hydrogen-bond acceptors (Lipinski definition) is 3. The van der Waals surface area contributed by atoms with Crippen molar-refractivity contribution in [1.29, 1.82) is 0 Å². The maximum absolute atomic E-state index is 4.52. The van der Waals surface area contributed by atoms with Crippen LogP contribution in [0.1, 0.15) is 24.6 Å². The molecule has 2 N–H and O–H groups in total. The second kappa shape index (κ2) is 4.92. The summed E-state index contributed by atoms with van der Waals surface area (Å²) in [4.78, 5) is 9.21. The Kier molecular flexibility index (Phi) is 3.31. The van der Waals surface area contributed by atoms with E-state index < -0.39 is 0 Å². The molecule has 1 aliphatic heterocycles. The van der Waals surface area contributed by atoms with Crippen LogP contribution in [0, 0.1) is 0 Å². The molecule has 3 heterocycles. The number of halogens is 1. The quantitative estimate of drug-likeness (QED) is 0.892. The third kappa shape index (κ3) is 2.46. The van der Waals surface area contributed by atoms with Crippen LogP contribution in [0.5, 0.6) is 0 Å². The van der Waals surface area contributed by atoms with Crippen LogP contribution >= 0.6 is 27.3 Å². The van der Waals surface area contributed by atoms with Gasteiger partial charge in [-0.25, -0.2) is 4.98 Å². The summed E-state index contributed by atoms with van der Waals surface area (Å²) < 4.78 is 1.13. The minimum Gasteiger partial charge on any atom is -0.341 e. The van der Waals surface area contributed by atoms with Gasteiger partial charge < -0.3 is 10.3 Å². The zero-order valence-corrected chi connectivity index (χ0v) is 11.8. The van der Waals surface area contributed by atoms with Crippen molar-refractivity contribution in [3.8, 4) is 10.6 Å². The second-order valence-electron chi connectivity index (χ2n) is 4.35. The van der Waals surface area contributed by atoms with Gasteiger partial charge in [0.05, 0.1) is 16.8 Å². The van der Waals surface area contributed by atoms with E-state index in [0.717, 1.165) is 29.1 Å². The minimum absolute atomic E-state index is 0.543.